The summed E-state index contributed by atoms with van der Waals surface area (Å²) in [7, 11) is -2.49. The van der Waals surface area contributed by atoms with Crippen LogP contribution in [-0.2, 0) is 14.8 Å². The Balaban J connectivity index is 1.87. The molecule has 0 aromatic heterocycles. The number of carbonyl (C=O) groups is 1. The molecule has 0 aliphatic rings. The van der Waals surface area contributed by atoms with E-state index in [0.29, 0.717) is 29.5 Å². The first-order valence-corrected chi connectivity index (χ1v) is 11.1. The SMILES string of the molecule is CCOc1cccc(NC(=O)CN(c2ccccc2)S(=O)(=O)c2ccc(OC)cc2)c1. The average molecular weight is 441 g/mol. The summed E-state index contributed by atoms with van der Waals surface area (Å²) in [5, 5.41) is 2.74. The Morgan fingerprint density at radius 1 is 0.935 bits per heavy atom. The summed E-state index contributed by atoms with van der Waals surface area (Å²) in [6.45, 7) is 1.98. The number of sulfonamides is 1. The third-order valence-electron chi connectivity index (χ3n) is 4.41. The number of methoxy groups -OCH3 is 1. The van der Waals surface area contributed by atoms with E-state index in [9.17, 15) is 13.2 Å². The maximum atomic E-state index is 13.3. The van der Waals surface area contributed by atoms with Crippen molar-refractivity contribution >= 4 is 27.3 Å². The molecule has 0 bridgehead atoms. The molecule has 0 spiro atoms. The molecule has 31 heavy (non-hydrogen) atoms. The Kier molecular flexibility index (Phi) is 7.15. The molecule has 0 aliphatic carbocycles. The van der Waals surface area contributed by atoms with E-state index in [4.69, 9.17) is 9.47 Å². The Morgan fingerprint density at radius 2 is 1.65 bits per heavy atom. The van der Waals surface area contributed by atoms with Crippen molar-refractivity contribution in [3.05, 3.63) is 78.9 Å². The third kappa shape index (κ3) is 5.55. The molecule has 0 fully saturated rings. The van der Waals surface area contributed by atoms with Crippen molar-refractivity contribution in [1.29, 1.82) is 0 Å². The van der Waals surface area contributed by atoms with E-state index >= 15 is 0 Å². The van der Waals surface area contributed by atoms with Crippen LogP contribution >= 0.6 is 0 Å². The number of benzene rings is 3. The van der Waals surface area contributed by atoms with Crippen LogP contribution < -0.4 is 19.1 Å². The highest BCUT2D eigenvalue weighted by Crippen LogP contribution is 2.25. The van der Waals surface area contributed by atoms with Crippen molar-refractivity contribution in [2.24, 2.45) is 0 Å². The number of anilines is 2. The van der Waals surface area contributed by atoms with Gasteiger partial charge in [0.25, 0.3) is 10.0 Å². The largest absolute Gasteiger partial charge is 0.497 e. The van der Waals surface area contributed by atoms with Gasteiger partial charge in [-0.3, -0.25) is 9.10 Å². The molecule has 0 saturated carbocycles. The number of nitrogens with zero attached hydrogens (tertiary/aromatic N) is 1. The van der Waals surface area contributed by atoms with Gasteiger partial charge in [-0.15, -0.1) is 0 Å². The lowest BCUT2D eigenvalue weighted by molar-refractivity contribution is -0.114. The minimum absolute atomic E-state index is 0.0586. The van der Waals surface area contributed by atoms with Gasteiger partial charge in [-0.1, -0.05) is 24.3 Å². The van der Waals surface area contributed by atoms with Crippen LogP contribution in [0.1, 0.15) is 6.92 Å². The van der Waals surface area contributed by atoms with Crippen LogP contribution in [0.3, 0.4) is 0 Å². The van der Waals surface area contributed by atoms with Crippen molar-refractivity contribution in [3.8, 4) is 11.5 Å². The standard InChI is InChI=1S/C23H24N2O5S/c1-3-30-21-11-7-8-18(16-21)24-23(26)17-25(19-9-5-4-6-10-19)31(27,28)22-14-12-20(29-2)13-15-22/h4-16H,3,17H2,1-2H3,(H,24,26). The molecule has 0 radical (unpaired) electrons. The minimum Gasteiger partial charge on any atom is -0.497 e. The van der Waals surface area contributed by atoms with E-state index in [1.807, 2.05) is 6.92 Å². The second-order valence-electron chi connectivity index (χ2n) is 6.53. The maximum absolute atomic E-state index is 13.3. The molecule has 3 rings (SSSR count). The second kappa shape index (κ2) is 9.99. The number of hydrogen-bond donors (Lipinski definition) is 1. The van der Waals surface area contributed by atoms with E-state index in [1.165, 1.54) is 19.2 Å². The second-order valence-corrected chi connectivity index (χ2v) is 8.39. The monoisotopic (exact) mass is 440 g/mol. The highest BCUT2D eigenvalue weighted by atomic mass is 32.2. The number of nitrogens with one attached hydrogen (secondary N) is 1. The van der Waals surface area contributed by atoms with Crippen molar-refractivity contribution < 1.29 is 22.7 Å². The number of rotatable bonds is 9. The zero-order valence-corrected chi connectivity index (χ0v) is 18.1. The van der Waals surface area contributed by atoms with E-state index in [0.717, 1.165) is 4.31 Å². The molecular formula is C23H24N2O5S. The van der Waals surface area contributed by atoms with Crippen LogP contribution in [-0.4, -0.2) is 34.6 Å². The fraction of sp³-hybridized carbons (Fsp3) is 0.174. The Bertz CT molecular complexity index is 1120. The average Bonchev–Trinajstić information content (AvgIpc) is 2.78. The molecule has 0 atom stereocenters. The normalized spacial score (nSPS) is 10.9. The van der Waals surface area contributed by atoms with Gasteiger partial charge in [0.1, 0.15) is 18.0 Å². The van der Waals surface area contributed by atoms with Gasteiger partial charge in [0.15, 0.2) is 0 Å². The zero-order valence-electron chi connectivity index (χ0n) is 17.3. The van der Waals surface area contributed by atoms with Crippen molar-refractivity contribution in [1.82, 2.24) is 0 Å². The van der Waals surface area contributed by atoms with Crippen LogP contribution in [0.5, 0.6) is 11.5 Å². The van der Waals surface area contributed by atoms with Gasteiger partial charge >= 0.3 is 0 Å². The molecule has 7 nitrogen and oxygen atoms in total. The predicted octanol–water partition coefficient (Wildman–Crippen LogP) is 3.93. The van der Waals surface area contributed by atoms with Crippen molar-refractivity contribution in [3.63, 3.8) is 0 Å². The summed E-state index contributed by atoms with van der Waals surface area (Å²) in [6, 6.07) is 21.5. The Hall–Kier alpha value is -3.52. The van der Waals surface area contributed by atoms with Gasteiger partial charge in [-0.2, -0.15) is 0 Å². The van der Waals surface area contributed by atoms with E-state index in [1.54, 1.807) is 66.7 Å². The molecule has 0 aliphatic heterocycles. The first-order valence-electron chi connectivity index (χ1n) is 9.68. The number of para-hydroxylation sites is 1. The number of ether oxygens (including phenoxy) is 2. The Morgan fingerprint density at radius 3 is 2.29 bits per heavy atom. The fourth-order valence-electron chi connectivity index (χ4n) is 2.95. The summed E-state index contributed by atoms with van der Waals surface area (Å²) in [5.41, 5.74) is 0.905. The van der Waals surface area contributed by atoms with Crippen LogP contribution in [0, 0.1) is 0 Å². The number of carbonyl (C=O) groups excluding carboxylic acids is 1. The van der Waals surface area contributed by atoms with Gasteiger partial charge < -0.3 is 14.8 Å². The maximum Gasteiger partial charge on any atom is 0.264 e. The molecule has 1 amide bonds. The van der Waals surface area contributed by atoms with E-state index in [-0.39, 0.29) is 4.90 Å². The molecule has 1 N–H and O–H groups in total. The predicted molar refractivity (Wildman–Crippen MR) is 120 cm³/mol. The molecule has 0 unspecified atom stereocenters. The smallest absolute Gasteiger partial charge is 0.264 e. The summed E-state index contributed by atoms with van der Waals surface area (Å²) >= 11 is 0. The van der Waals surface area contributed by atoms with Gasteiger partial charge in [0, 0.05) is 11.8 Å². The van der Waals surface area contributed by atoms with Crippen LogP contribution in [0.2, 0.25) is 0 Å². The number of hydrogen-bond acceptors (Lipinski definition) is 5. The van der Waals surface area contributed by atoms with Gasteiger partial charge in [-0.25, -0.2) is 8.42 Å². The van der Waals surface area contributed by atoms with E-state index in [2.05, 4.69) is 5.32 Å². The Labute approximate surface area is 182 Å². The third-order valence-corrected chi connectivity index (χ3v) is 6.20. The quantitative estimate of drug-likeness (QED) is 0.545. The summed E-state index contributed by atoms with van der Waals surface area (Å²) in [5.74, 6) is 0.679. The van der Waals surface area contributed by atoms with Crippen LogP contribution in [0.15, 0.2) is 83.8 Å². The summed E-state index contributed by atoms with van der Waals surface area (Å²) < 4.78 is 38.3. The molecule has 3 aromatic carbocycles. The topological polar surface area (TPSA) is 84.9 Å². The molecule has 3 aromatic rings. The highest BCUT2D eigenvalue weighted by Gasteiger charge is 2.27. The number of amides is 1. The lowest BCUT2D eigenvalue weighted by Crippen LogP contribution is -2.38. The first-order chi connectivity index (χ1) is 14.9. The lowest BCUT2D eigenvalue weighted by Gasteiger charge is -2.24. The highest BCUT2D eigenvalue weighted by molar-refractivity contribution is 7.92. The molecule has 162 valence electrons. The van der Waals surface area contributed by atoms with Crippen molar-refractivity contribution in [2.45, 2.75) is 11.8 Å². The van der Waals surface area contributed by atoms with Crippen LogP contribution in [0.4, 0.5) is 11.4 Å². The molecule has 0 saturated heterocycles. The molecular weight excluding hydrogens is 416 g/mol. The van der Waals surface area contributed by atoms with Crippen molar-refractivity contribution in [2.75, 3.05) is 29.9 Å². The van der Waals surface area contributed by atoms with Gasteiger partial charge in [-0.05, 0) is 55.5 Å². The lowest BCUT2D eigenvalue weighted by atomic mass is 10.3. The summed E-state index contributed by atoms with van der Waals surface area (Å²) in [4.78, 5) is 12.8. The van der Waals surface area contributed by atoms with E-state index < -0.39 is 22.5 Å². The van der Waals surface area contributed by atoms with Gasteiger partial charge in [0.2, 0.25) is 5.91 Å². The zero-order chi connectivity index (χ0) is 22.3. The first kappa shape index (κ1) is 22.2. The summed E-state index contributed by atoms with van der Waals surface area (Å²) in [6.07, 6.45) is 0. The fourth-order valence-corrected chi connectivity index (χ4v) is 4.37. The minimum atomic E-state index is -3.99. The molecule has 8 heteroatoms. The molecule has 0 heterocycles. The van der Waals surface area contributed by atoms with Gasteiger partial charge in [0.05, 0.1) is 24.3 Å². The van der Waals surface area contributed by atoms with Crippen LogP contribution in [0.25, 0.3) is 0 Å².